The fraction of sp³-hybridized carbons (Fsp3) is 0.462. The fourth-order valence-corrected chi connectivity index (χ4v) is 1.54. The molecule has 1 atom stereocenters. The summed E-state index contributed by atoms with van der Waals surface area (Å²) in [4.78, 5) is 11.3. The maximum absolute atomic E-state index is 11.3. The van der Waals surface area contributed by atoms with Gasteiger partial charge in [0.1, 0.15) is 12.0 Å². The van der Waals surface area contributed by atoms with E-state index >= 15 is 0 Å². The van der Waals surface area contributed by atoms with Gasteiger partial charge in [0.25, 0.3) is 0 Å². The number of carbonyl (C=O) groups excluding carboxylic acids is 1. The van der Waals surface area contributed by atoms with Crippen LogP contribution < -0.4 is 10.5 Å². The average molecular weight is 221 g/mol. The van der Waals surface area contributed by atoms with Gasteiger partial charge in [-0.05, 0) is 50.5 Å². The molecule has 0 aliphatic carbocycles. The number of ketones is 1. The third-order valence-corrected chi connectivity index (χ3v) is 2.58. The van der Waals surface area contributed by atoms with Crippen molar-refractivity contribution in [2.24, 2.45) is 5.73 Å². The van der Waals surface area contributed by atoms with Gasteiger partial charge in [0, 0.05) is 5.56 Å². The quantitative estimate of drug-likeness (QED) is 0.628. The summed E-state index contributed by atoms with van der Waals surface area (Å²) in [5, 5.41) is 0. The van der Waals surface area contributed by atoms with Crippen LogP contribution in [0.3, 0.4) is 0 Å². The summed E-state index contributed by atoms with van der Waals surface area (Å²) in [5.74, 6) is 0.837. The molecule has 0 spiro atoms. The lowest BCUT2D eigenvalue weighted by Gasteiger charge is -2.16. The second-order valence-electron chi connectivity index (χ2n) is 4.05. The highest BCUT2D eigenvalue weighted by Crippen LogP contribution is 2.24. The molecule has 2 N–H and O–H groups in total. The Morgan fingerprint density at radius 1 is 1.38 bits per heavy atom. The Labute approximate surface area is 96.6 Å². The van der Waals surface area contributed by atoms with Crippen LogP contribution in [0.15, 0.2) is 12.1 Å². The van der Waals surface area contributed by atoms with Gasteiger partial charge in [0.15, 0.2) is 5.78 Å². The van der Waals surface area contributed by atoms with E-state index in [0.717, 1.165) is 28.9 Å². The Morgan fingerprint density at radius 3 is 2.50 bits per heavy atom. The molecule has 1 rings (SSSR count). The minimum Gasteiger partial charge on any atom is -0.475 e. The van der Waals surface area contributed by atoms with Crippen LogP contribution in [0.2, 0.25) is 0 Å². The number of aryl methyl sites for hydroxylation is 2. The van der Waals surface area contributed by atoms with E-state index in [2.05, 4.69) is 0 Å². The van der Waals surface area contributed by atoms with Gasteiger partial charge >= 0.3 is 0 Å². The van der Waals surface area contributed by atoms with Crippen LogP contribution in [-0.4, -0.2) is 12.0 Å². The van der Waals surface area contributed by atoms with Crippen molar-refractivity contribution in [3.8, 4) is 5.75 Å². The first-order valence-electron chi connectivity index (χ1n) is 5.50. The maximum atomic E-state index is 11.3. The van der Waals surface area contributed by atoms with Crippen LogP contribution >= 0.6 is 0 Å². The van der Waals surface area contributed by atoms with Gasteiger partial charge in [-0.2, -0.15) is 0 Å². The minimum absolute atomic E-state index is 0.0759. The summed E-state index contributed by atoms with van der Waals surface area (Å²) >= 11 is 0. The Hall–Kier alpha value is -1.35. The van der Waals surface area contributed by atoms with Gasteiger partial charge in [-0.3, -0.25) is 10.5 Å². The van der Waals surface area contributed by atoms with E-state index in [4.69, 9.17) is 10.5 Å². The van der Waals surface area contributed by atoms with Crippen molar-refractivity contribution < 1.29 is 9.53 Å². The van der Waals surface area contributed by atoms with Crippen molar-refractivity contribution in [1.82, 2.24) is 0 Å². The predicted molar refractivity (Wildman–Crippen MR) is 64.8 cm³/mol. The van der Waals surface area contributed by atoms with Gasteiger partial charge in [0.05, 0.1) is 0 Å². The number of Topliss-reactive ketones (excluding diaryl/α,β-unsaturated/α-hetero) is 1. The highest BCUT2D eigenvalue weighted by atomic mass is 16.5. The molecule has 0 heterocycles. The summed E-state index contributed by atoms with van der Waals surface area (Å²) in [5.41, 5.74) is 8.35. The molecule has 0 radical (unpaired) electrons. The molecule has 1 unspecified atom stereocenters. The van der Waals surface area contributed by atoms with Gasteiger partial charge in [0.2, 0.25) is 0 Å². The Morgan fingerprint density at radius 2 is 2.00 bits per heavy atom. The number of nitrogens with two attached hydrogens (primary N) is 1. The topological polar surface area (TPSA) is 52.3 Å². The molecular weight excluding hydrogens is 202 g/mol. The number of ether oxygens (including phenoxy) is 1. The average Bonchev–Trinajstić information content (AvgIpc) is 2.22. The van der Waals surface area contributed by atoms with E-state index in [1.54, 1.807) is 6.92 Å². The SMILES string of the molecule is CCC(N)Oc1cc(C)c(C(C)=O)cc1C. The molecule has 3 nitrogen and oxygen atoms in total. The number of hydrogen-bond donors (Lipinski definition) is 1. The zero-order valence-corrected chi connectivity index (χ0v) is 10.3. The molecule has 0 saturated carbocycles. The molecular formula is C13H19NO2. The van der Waals surface area contributed by atoms with E-state index in [-0.39, 0.29) is 12.0 Å². The van der Waals surface area contributed by atoms with Crippen LogP contribution in [-0.2, 0) is 0 Å². The molecule has 0 aliphatic heterocycles. The largest absolute Gasteiger partial charge is 0.475 e. The number of carbonyl (C=O) groups is 1. The molecule has 16 heavy (non-hydrogen) atoms. The van der Waals surface area contributed by atoms with Crippen LogP contribution in [0, 0.1) is 13.8 Å². The zero-order chi connectivity index (χ0) is 12.3. The molecule has 1 aromatic rings. The molecule has 0 fully saturated rings. The van der Waals surface area contributed by atoms with Crippen molar-refractivity contribution in [3.05, 3.63) is 28.8 Å². The summed E-state index contributed by atoms with van der Waals surface area (Å²) in [6.07, 6.45) is 0.466. The Kier molecular flexibility index (Phi) is 4.07. The molecule has 88 valence electrons. The lowest BCUT2D eigenvalue weighted by Crippen LogP contribution is -2.26. The van der Waals surface area contributed by atoms with E-state index < -0.39 is 0 Å². The van der Waals surface area contributed by atoms with E-state index in [0.29, 0.717) is 0 Å². The molecule has 0 amide bonds. The second kappa shape index (κ2) is 5.12. The highest BCUT2D eigenvalue weighted by Gasteiger charge is 2.10. The van der Waals surface area contributed by atoms with E-state index in [9.17, 15) is 4.79 Å². The normalized spacial score (nSPS) is 12.3. The third-order valence-electron chi connectivity index (χ3n) is 2.58. The highest BCUT2D eigenvalue weighted by molar-refractivity contribution is 5.95. The lowest BCUT2D eigenvalue weighted by atomic mass is 10.0. The summed E-state index contributed by atoms with van der Waals surface area (Å²) in [6.45, 7) is 7.36. The number of benzene rings is 1. The van der Waals surface area contributed by atoms with Crippen LogP contribution in [0.5, 0.6) is 5.75 Å². The van der Waals surface area contributed by atoms with Crippen molar-refractivity contribution in [2.45, 2.75) is 40.3 Å². The monoisotopic (exact) mass is 221 g/mol. The molecule has 0 aromatic heterocycles. The van der Waals surface area contributed by atoms with E-state index in [1.165, 1.54) is 0 Å². The summed E-state index contributed by atoms with van der Waals surface area (Å²) in [6, 6.07) is 3.73. The molecule has 3 heteroatoms. The predicted octanol–water partition coefficient (Wildman–Crippen LogP) is 2.58. The van der Waals surface area contributed by atoms with Crippen LogP contribution in [0.4, 0.5) is 0 Å². The van der Waals surface area contributed by atoms with Gasteiger partial charge in [-0.15, -0.1) is 0 Å². The molecule has 1 aromatic carbocycles. The van der Waals surface area contributed by atoms with Crippen molar-refractivity contribution in [2.75, 3.05) is 0 Å². The first kappa shape index (κ1) is 12.7. The maximum Gasteiger partial charge on any atom is 0.160 e. The third kappa shape index (κ3) is 2.83. The second-order valence-corrected chi connectivity index (χ2v) is 4.05. The lowest BCUT2D eigenvalue weighted by molar-refractivity contribution is 0.101. The molecule has 0 aliphatic rings. The first-order valence-corrected chi connectivity index (χ1v) is 5.50. The standard InChI is InChI=1S/C13H19NO2/c1-5-13(14)16-12-7-8(2)11(10(4)15)6-9(12)3/h6-7,13H,5,14H2,1-4H3. The van der Waals surface area contributed by atoms with Crippen LogP contribution in [0.25, 0.3) is 0 Å². The smallest absolute Gasteiger partial charge is 0.160 e. The minimum atomic E-state index is -0.290. The first-order chi connectivity index (χ1) is 7.45. The van der Waals surface area contributed by atoms with Crippen molar-refractivity contribution >= 4 is 5.78 Å². The van der Waals surface area contributed by atoms with Gasteiger partial charge in [-0.1, -0.05) is 6.92 Å². The van der Waals surface area contributed by atoms with Crippen molar-refractivity contribution in [3.63, 3.8) is 0 Å². The number of hydrogen-bond acceptors (Lipinski definition) is 3. The zero-order valence-electron chi connectivity index (χ0n) is 10.3. The Balaban J connectivity index is 3.05. The Bertz CT molecular complexity index is 399. The summed E-state index contributed by atoms with van der Waals surface area (Å²) < 4.78 is 5.58. The summed E-state index contributed by atoms with van der Waals surface area (Å²) in [7, 11) is 0. The van der Waals surface area contributed by atoms with Crippen LogP contribution in [0.1, 0.15) is 41.8 Å². The van der Waals surface area contributed by atoms with Crippen molar-refractivity contribution in [1.29, 1.82) is 0 Å². The fourth-order valence-electron chi connectivity index (χ4n) is 1.54. The molecule has 0 saturated heterocycles. The molecule has 0 bridgehead atoms. The van der Waals surface area contributed by atoms with Gasteiger partial charge < -0.3 is 4.74 Å². The number of rotatable bonds is 4. The van der Waals surface area contributed by atoms with E-state index in [1.807, 2.05) is 32.9 Å². The van der Waals surface area contributed by atoms with Gasteiger partial charge in [-0.25, -0.2) is 0 Å².